The van der Waals surface area contributed by atoms with Crippen LogP contribution in [-0.4, -0.2) is 69.7 Å². The second kappa shape index (κ2) is 8.98. The van der Waals surface area contributed by atoms with Gasteiger partial charge in [-0.2, -0.15) is 14.7 Å². The van der Waals surface area contributed by atoms with Crippen molar-refractivity contribution in [2.75, 3.05) is 12.3 Å². The first kappa shape index (κ1) is 24.2. The number of fused-ring (bicyclic) bond motifs is 3. The van der Waals surface area contributed by atoms with E-state index in [0.29, 0.717) is 46.6 Å². The molecule has 2 saturated heterocycles. The Balaban J connectivity index is 1.43. The fraction of sp³-hybridized carbons (Fsp3) is 0.385. The molecule has 6 heterocycles. The number of Topliss-reactive ketones (excluding diaryl/α,β-unsaturated/α-hetero) is 1. The first-order valence-corrected chi connectivity index (χ1v) is 12.5. The molecule has 11 nitrogen and oxygen atoms in total. The van der Waals surface area contributed by atoms with Gasteiger partial charge < -0.3 is 15.7 Å². The zero-order valence-electron chi connectivity index (χ0n) is 21.0. The standard InChI is InChI=1S/C26H27FN8O3/c1-13(37)22-23(14-7-16-3-4-17(8-14)34(16)21(38)12-36)31-26-18(11-30-35(26)25(22)28)15-9-19(27)24(29-10-15)20-5-6-33(2)32-20/h5-6,9-11,14,16-17,36H,3-4,7-8,12,28H2,1-2H3/t16-,17-/m1/s1. The number of nitrogens with zero attached hydrogens (tertiary/aromatic N) is 7. The van der Waals surface area contributed by atoms with E-state index in [1.807, 2.05) is 0 Å². The predicted molar refractivity (Wildman–Crippen MR) is 136 cm³/mol. The van der Waals surface area contributed by atoms with Gasteiger partial charge in [0.2, 0.25) is 5.91 Å². The zero-order chi connectivity index (χ0) is 26.7. The Hall–Kier alpha value is -4.19. The number of nitrogens with two attached hydrogens (primary N) is 1. The van der Waals surface area contributed by atoms with Crippen LogP contribution in [0.4, 0.5) is 10.2 Å². The largest absolute Gasteiger partial charge is 0.387 e. The fourth-order valence-corrected chi connectivity index (χ4v) is 6.10. The maximum Gasteiger partial charge on any atom is 0.248 e. The molecule has 0 radical (unpaired) electrons. The SMILES string of the molecule is CC(=O)c1c(C2C[C@H]3CC[C@H](C2)N3C(=O)CO)nc2c(-c3cnc(-c4ccn(C)n4)c(F)c3)cnn2c1N. The van der Waals surface area contributed by atoms with Crippen LogP contribution in [-0.2, 0) is 11.8 Å². The maximum absolute atomic E-state index is 15.1. The predicted octanol–water partition coefficient (Wildman–Crippen LogP) is 2.34. The molecule has 4 aromatic heterocycles. The van der Waals surface area contributed by atoms with Crippen LogP contribution in [0.3, 0.4) is 0 Å². The van der Waals surface area contributed by atoms with Crippen LogP contribution in [0.15, 0.2) is 30.7 Å². The van der Waals surface area contributed by atoms with Crippen LogP contribution in [0.2, 0.25) is 0 Å². The molecule has 2 aliphatic heterocycles. The average Bonchev–Trinajstić information content (AvgIpc) is 3.58. The Bertz CT molecular complexity index is 1580. The lowest BCUT2D eigenvalue weighted by atomic mass is 9.85. The summed E-state index contributed by atoms with van der Waals surface area (Å²) in [6.07, 6.45) is 7.70. The first-order valence-electron chi connectivity index (χ1n) is 12.5. The minimum atomic E-state index is -0.536. The van der Waals surface area contributed by atoms with Gasteiger partial charge in [0.15, 0.2) is 17.2 Å². The Morgan fingerprint density at radius 2 is 1.95 bits per heavy atom. The number of halogens is 1. The topological polar surface area (TPSA) is 145 Å². The highest BCUT2D eigenvalue weighted by atomic mass is 19.1. The van der Waals surface area contributed by atoms with Crippen molar-refractivity contribution < 1.29 is 19.1 Å². The van der Waals surface area contributed by atoms with Crippen molar-refractivity contribution in [2.24, 2.45) is 7.05 Å². The highest BCUT2D eigenvalue weighted by Crippen LogP contribution is 2.44. The number of rotatable bonds is 5. The highest BCUT2D eigenvalue weighted by molar-refractivity contribution is 6.00. The van der Waals surface area contributed by atoms with E-state index in [2.05, 4.69) is 15.2 Å². The van der Waals surface area contributed by atoms with Gasteiger partial charge in [0.05, 0.1) is 17.5 Å². The Labute approximate surface area is 217 Å². The number of aliphatic hydroxyl groups is 1. The van der Waals surface area contributed by atoms with E-state index in [-0.39, 0.29) is 41.2 Å². The van der Waals surface area contributed by atoms with Gasteiger partial charge in [-0.15, -0.1) is 0 Å². The summed E-state index contributed by atoms with van der Waals surface area (Å²) in [6.45, 7) is 0.929. The number of piperidine rings is 1. The normalized spacial score (nSPS) is 20.8. The number of nitrogen functional groups attached to an aromatic ring is 1. The summed E-state index contributed by atoms with van der Waals surface area (Å²) < 4.78 is 18.1. The fourth-order valence-electron chi connectivity index (χ4n) is 6.10. The number of aliphatic hydroxyl groups excluding tert-OH is 1. The molecule has 0 spiro atoms. The first-order chi connectivity index (χ1) is 18.3. The molecule has 3 N–H and O–H groups in total. The molecule has 2 atom stereocenters. The summed E-state index contributed by atoms with van der Waals surface area (Å²) >= 11 is 0. The Kier molecular flexibility index (Phi) is 5.71. The number of hydrogen-bond acceptors (Lipinski definition) is 8. The van der Waals surface area contributed by atoms with Crippen LogP contribution >= 0.6 is 0 Å². The molecule has 0 unspecified atom stereocenters. The number of aromatic nitrogens is 6. The van der Waals surface area contributed by atoms with Crippen LogP contribution in [0, 0.1) is 5.82 Å². The molecule has 196 valence electrons. The summed E-state index contributed by atoms with van der Waals surface area (Å²) in [5.41, 5.74) is 9.31. The summed E-state index contributed by atoms with van der Waals surface area (Å²) in [6, 6.07) is 2.99. The number of pyridine rings is 1. The van der Waals surface area contributed by atoms with Crippen molar-refractivity contribution in [3.05, 3.63) is 47.8 Å². The minimum Gasteiger partial charge on any atom is -0.387 e. The van der Waals surface area contributed by atoms with Gasteiger partial charge in [0, 0.05) is 48.6 Å². The van der Waals surface area contributed by atoms with Gasteiger partial charge in [-0.05, 0) is 44.7 Å². The molecule has 2 aliphatic rings. The smallest absolute Gasteiger partial charge is 0.248 e. The van der Waals surface area contributed by atoms with E-state index in [9.17, 15) is 14.7 Å². The summed E-state index contributed by atoms with van der Waals surface area (Å²) in [7, 11) is 1.75. The van der Waals surface area contributed by atoms with Gasteiger partial charge in [-0.3, -0.25) is 19.3 Å². The van der Waals surface area contributed by atoms with Crippen molar-refractivity contribution in [3.63, 3.8) is 0 Å². The van der Waals surface area contributed by atoms with Crippen molar-refractivity contribution >= 4 is 23.2 Å². The number of carbonyl (C=O) groups is 2. The summed E-state index contributed by atoms with van der Waals surface area (Å²) in [5, 5.41) is 18.0. The van der Waals surface area contributed by atoms with Crippen LogP contribution in [0.1, 0.15) is 54.6 Å². The molecule has 12 heteroatoms. The quantitative estimate of drug-likeness (QED) is 0.383. The van der Waals surface area contributed by atoms with Crippen LogP contribution < -0.4 is 5.73 Å². The summed E-state index contributed by atoms with van der Waals surface area (Å²) in [4.78, 5) is 36.0. The number of carbonyl (C=O) groups excluding carboxylic acids is 2. The third kappa shape index (κ3) is 3.74. The molecule has 38 heavy (non-hydrogen) atoms. The third-order valence-electron chi connectivity index (χ3n) is 7.71. The number of ketones is 1. The lowest BCUT2D eigenvalue weighted by Crippen LogP contribution is -2.47. The average molecular weight is 519 g/mol. The summed E-state index contributed by atoms with van der Waals surface area (Å²) in [5.74, 6) is -0.967. The van der Waals surface area contributed by atoms with Crippen molar-refractivity contribution in [1.82, 2.24) is 34.3 Å². The van der Waals surface area contributed by atoms with Crippen molar-refractivity contribution in [3.8, 4) is 22.5 Å². The molecular weight excluding hydrogens is 491 g/mol. The van der Waals surface area contributed by atoms with Crippen molar-refractivity contribution in [1.29, 1.82) is 0 Å². The molecular formula is C26H27FN8O3. The van der Waals surface area contributed by atoms with Gasteiger partial charge in [-0.1, -0.05) is 0 Å². The second-order valence-corrected chi connectivity index (χ2v) is 10.0. The molecule has 4 aromatic rings. The Morgan fingerprint density at radius 3 is 2.55 bits per heavy atom. The monoisotopic (exact) mass is 518 g/mol. The van der Waals surface area contributed by atoms with Gasteiger partial charge in [0.1, 0.15) is 23.8 Å². The van der Waals surface area contributed by atoms with E-state index in [1.165, 1.54) is 23.7 Å². The zero-order valence-corrected chi connectivity index (χ0v) is 21.0. The lowest BCUT2D eigenvalue weighted by Gasteiger charge is -2.39. The van der Waals surface area contributed by atoms with Gasteiger partial charge in [-0.25, -0.2) is 9.37 Å². The second-order valence-electron chi connectivity index (χ2n) is 10.0. The highest BCUT2D eigenvalue weighted by Gasteiger charge is 2.44. The molecule has 6 rings (SSSR count). The van der Waals surface area contributed by atoms with E-state index in [0.717, 1.165) is 12.8 Å². The van der Waals surface area contributed by atoms with Crippen LogP contribution in [0.5, 0.6) is 0 Å². The molecule has 2 fully saturated rings. The van der Waals surface area contributed by atoms with E-state index in [4.69, 9.17) is 10.7 Å². The number of aryl methyl sites for hydroxylation is 1. The molecule has 0 aliphatic carbocycles. The van der Waals surface area contributed by atoms with Gasteiger partial charge in [0.25, 0.3) is 0 Å². The van der Waals surface area contributed by atoms with Crippen molar-refractivity contribution in [2.45, 2.75) is 50.6 Å². The molecule has 2 bridgehead atoms. The molecule has 1 amide bonds. The number of anilines is 1. The van der Waals surface area contributed by atoms with E-state index < -0.39 is 12.4 Å². The molecule has 0 aromatic carbocycles. The number of hydrogen-bond donors (Lipinski definition) is 2. The van der Waals surface area contributed by atoms with Crippen LogP contribution in [0.25, 0.3) is 28.2 Å². The maximum atomic E-state index is 15.1. The number of amides is 1. The Morgan fingerprint density at radius 1 is 1.21 bits per heavy atom. The third-order valence-corrected chi connectivity index (χ3v) is 7.71. The van der Waals surface area contributed by atoms with Gasteiger partial charge >= 0.3 is 0 Å². The molecule has 0 saturated carbocycles. The van der Waals surface area contributed by atoms with E-state index in [1.54, 1.807) is 35.1 Å². The van der Waals surface area contributed by atoms with E-state index >= 15 is 4.39 Å². The lowest BCUT2D eigenvalue weighted by molar-refractivity contribution is -0.138. The minimum absolute atomic E-state index is 0.0284.